The number of hydrogen-bond donors (Lipinski definition) is 2. The van der Waals surface area contributed by atoms with E-state index in [9.17, 15) is 10.1 Å². The molecule has 3 rings (SSSR count). The van der Waals surface area contributed by atoms with Gasteiger partial charge in [-0.15, -0.1) is 0 Å². The minimum atomic E-state index is -0.408. The van der Waals surface area contributed by atoms with Crippen molar-refractivity contribution in [2.75, 3.05) is 17.2 Å². The van der Waals surface area contributed by atoms with Crippen LogP contribution in [0.5, 0.6) is 0 Å². The van der Waals surface area contributed by atoms with Crippen LogP contribution in [0.15, 0.2) is 48.8 Å². The molecule has 1 heterocycles. The van der Waals surface area contributed by atoms with Crippen LogP contribution < -0.4 is 10.6 Å². The fourth-order valence-electron chi connectivity index (χ4n) is 2.56. The highest BCUT2D eigenvalue weighted by Crippen LogP contribution is 2.34. The summed E-state index contributed by atoms with van der Waals surface area (Å²) >= 11 is 0. The highest BCUT2D eigenvalue weighted by Gasteiger charge is 2.21. The van der Waals surface area contributed by atoms with Crippen LogP contribution in [0.3, 0.4) is 0 Å². The summed E-state index contributed by atoms with van der Waals surface area (Å²) in [5.41, 5.74) is 1.86. The summed E-state index contributed by atoms with van der Waals surface area (Å²) in [5, 5.41) is 18.3. The summed E-state index contributed by atoms with van der Waals surface area (Å²) in [6, 6.07) is 13.4. The second kappa shape index (κ2) is 6.91. The third-order valence-electron chi connectivity index (χ3n) is 3.63. The van der Waals surface area contributed by atoms with Gasteiger partial charge in [-0.2, -0.15) is 0 Å². The fraction of sp³-hybridized carbons (Fsp3) is 0.176. The number of anilines is 2. The van der Waals surface area contributed by atoms with Crippen molar-refractivity contribution in [1.29, 1.82) is 0 Å². The maximum atomic E-state index is 11.5. The highest BCUT2D eigenvalue weighted by atomic mass is 16.6. The molecule has 7 heteroatoms. The summed E-state index contributed by atoms with van der Waals surface area (Å²) in [6.07, 6.45) is 1.35. The molecule has 0 spiro atoms. The number of aromatic nitrogens is 2. The highest BCUT2D eigenvalue weighted by molar-refractivity contribution is 5.99. The molecule has 0 saturated carbocycles. The lowest BCUT2D eigenvalue weighted by Crippen LogP contribution is -2.05. The number of benzene rings is 2. The van der Waals surface area contributed by atoms with Crippen molar-refractivity contribution in [3.05, 3.63) is 64.5 Å². The molecule has 2 aromatic carbocycles. The van der Waals surface area contributed by atoms with Crippen LogP contribution in [0.25, 0.3) is 10.9 Å². The second-order valence-corrected chi connectivity index (χ2v) is 5.21. The first-order valence-corrected chi connectivity index (χ1v) is 7.64. The fourth-order valence-corrected chi connectivity index (χ4v) is 2.56. The van der Waals surface area contributed by atoms with Crippen molar-refractivity contribution in [2.24, 2.45) is 0 Å². The normalized spacial score (nSPS) is 10.5. The lowest BCUT2D eigenvalue weighted by molar-refractivity contribution is -0.382. The Kier molecular flexibility index (Phi) is 4.51. The maximum Gasteiger partial charge on any atom is 0.318 e. The average Bonchev–Trinajstić information content (AvgIpc) is 2.60. The molecule has 0 aliphatic carbocycles. The van der Waals surface area contributed by atoms with Gasteiger partial charge in [-0.05, 0) is 24.6 Å². The molecular formula is C17H17N5O2. The first-order valence-electron chi connectivity index (χ1n) is 7.64. The van der Waals surface area contributed by atoms with Gasteiger partial charge in [-0.3, -0.25) is 10.1 Å². The third-order valence-corrected chi connectivity index (χ3v) is 3.63. The van der Waals surface area contributed by atoms with E-state index in [4.69, 9.17) is 0 Å². The summed E-state index contributed by atoms with van der Waals surface area (Å²) in [7, 11) is 0. The van der Waals surface area contributed by atoms with E-state index in [2.05, 4.69) is 20.6 Å². The van der Waals surface area contributed by atoms with Crippen LogP contribution in [-0.4, -0.2) is 21.4 Å². The van der Waals surface area contributed by atoms with E-state index in [1.807, 2.05) is 37.3 Å². The van der Waals surface area contributed by atoms with Crippen LogP contribution in [0.1, 0.15) is 12.5 Å². The van der Waals surface area contributed by atoms with E-state index < -0.39 is 4.92 Å². The van der Waals surface area contributed by atoms with Gasteiger partial charge in [0.05, 0.1) is 4.92 Å². The van der Waals surface area contributed by atoms with E-state index in [1.165, 1.54) is 6.33 Å². The van der Waals surface area contributed by atoms with Gasteiger partial charge in [-0.1, -0.05) is 30.3 Å². The Hall–Kier alpha value is -3.22. The van der Waals surface area contributed by atoms with Crippen LogP contribution in [0.4, 0.5) is 17.2 Å². The summed E-state index contributed by atoms with van der Waals surface area (Å²) in [5.74, 6) is 0.579. The summed E-state index contributed by atoms with van der Waals surface area (Å²) < 4.78 is 0. The van der Waals surface area contributed by atoms with Crippen LogP contribution in [0.2, 0.25) is 0 Å². The van der Waals surface area contributed by atoms with Crippen molar-refractivity contribution < 1.29 is 4.92 Å². The minimum Gasteiger partial charge on any atom is -0.380 e. The molecule has 0 saturated heterocycles. The van der Waals surface area contributed by atoms with E-state index in [1.54, 1.807) is 12.1 Å². The largest absolute Gasteiger partial charge is 0.380 e. The maximum absolute atomic E-state index is 11.5. The van der Waals surface area contributed by atoms with Crippen molar-refractivity contribution in [1.82, 2.24) is 9.97 Å². The van der Waals surface area contributed by atoms with Crippen LogP contribution in [0, 0.1) is 10.1 Å². The zero-order chi connectivity index (χ0) is 16.9. The molecule has 7 nitrogen and oxygen atoms in total. The van der Waals surface area contributed by atoms with Gasteiger partial charge in [-0.25, -0.2) is 9.97 Å². The third kappa shape index (κ3) is 3.10. The molecule has 24 heavy (non-hydrogen) atoms. The molecule has 3 aromatic rings. The Labute approximate surface area is 138 Å². The molecule has 0 atom stereocenters. The van der Waals surface area contributed by atoms with Crippen molar-refractivity contribution in [3.8, 4) is 0 Å². The van der Waals surface area contributed by atoms with Gasteiger partial charge in [0.2, 0.25) is 0 Å². The summed E-state index contributed by atoms with van der Waals surface area (Å²) in [4.78, 5) is 19.4. The Morgan fingerprint density at radius 1 is 1.08 bits per heavy atom. The molecule has 0 aliphatic rings. The lowest BCUT2D eigenvalue weighted by atomic mass is 10.1. The first-order chi connectivity index (χ1) is 11.7. The number of rotatable bonds is 6. The first kappa shape index (κ1) is 15.7. The van der Waals surface area contributed by atoms with Crippen LogP contribution >= 0.6 is 0 Å². The summed E-state index contributed by atoms with van der Waals surface area (Å²) in [6.45, 7) is 3.06. The van der Waals surface area contributed by atoms with E-state index in [-0.39, 0.29) is 5.69 Å². The molecule has 0 amide bonds. The predicted octanol–water partition coefficient (Wildman–Crippen LogP) is 3.58. The van der Waals surface area contributed by atoms with Gasteiger partial charge in [0.15, 0.2) is 5.52 Å². The molecule has 0 aliphatic heterocycles. The molecule has 0 fully saturated rings. The molecule has 0 bridgehead atoms. The molecule has 2 N–H and O–H groups in total. The van der Waals surface area contributed by atoms with E-state index in [0.29, 0.717) is 35.5 Å². The van der Waals surface area contributed by atoms with Crippen molar-refractivity contribution >= 4 is 28.1 Å². The number of fused-ring (bicyclic) bond motifs is 1. The molecule has 0 unspecified atom stereocenters. The Balaban J connectivity index is 2.01. The topological polar surface area (TPSA) is 93.0 Å². The zero-order valence-corrected chi connectivity index (χ0v) is 13.2. The van der Waals surface area contributed by atoms with Crippen LogP contribution in [-0.2, 0) is 6.54 Å². The van der Waals surface area contributed by atoms with Crippen molar-refractivity contribution in [3.63, 3.8) is 0 Å². The monoisotopic (exact) mass is 323 g/mol. The molecule has 122 valence electrons. The van der Waals surface area contributed by atoms with Gasteiger partial charge >= 0.3 is 5.69 Å². The lowest BCUT2D eigenvalue weighted by Gasteiger charge is -2.10. The van der Waals surface area contributed by atoms with Gasteiger partial charge in [0, 0.05) is 18.5 Å². The number of nitrogens with one attached hydrogen (secondary N) is 2. The average molecular weight is 323 g/mol. The quantitative estimate of drug-likeness (QED) is 0.532. The molecular weight excluding hydrogens is 306 g/mol. The SMILES string of the molecule is CCNc1ccc2c(NCc3ccccc3)ncnc2c1[N+](=O)[O-]. The standard InChI is InChI=1S/C17H17N5O2/c1-2-18-14-9-8-13-15(16(14)22(23)24)20-11-21-17(13)19-10-12-6-4-3-5-7-12/h3-9,11,18H,2,10H2,1H3,(H,19,20,21). The van der Waals surface area contributed by atoms with Crippen molar-refractivity contribution in [2.45, 2.75) is 13.5 Å². The Bertz CT molecular complexity index is 867. The Morgan fingerprint density at radius 3 is 2.58 bits per heavy atom. The Morgan fingerprint density at radius 2 is 1.88 bits per heavy atom. The van der Waals surface area contributed by atoms with Gasteiger partial charge < -0.3 is 10.6 Å². The number of nitro benzene ring substituents is 1. The van der Waals surface area contributed by atoms with E-state index in [0.717, 1.165) is 5.56 Å². The van der Waals surface area contributed by atoms with Gasteiger partial charge in [0.1, 0.15) is 17.8 Å². The van der Waals surface area contributed by atoms with Gasteiger partial charge in [0.25, 0.3) is 0 Å². The molecule has 1 aromatic heterocycles. The smallest absolute Gasteiger partial charge is 0.318 e. The minimum absolute atomic E-state index is 0.0282. The van der Waals surface area contributed by atoms with E-state index >= 15 is 0 Å². The molecule has 0 radical (unpaired) electrons. The predicted molar refractivity (Wildman–Crippen MR) is 94.1 cm³/mol. The number of nitro groups is 1. The zero-order valence-electron chi connectivity index (χ0n) is 13.2. The number of hydrogen-bond acceptors (Lipinski definition) is 6. The second-order valence-electron chi connectivity index (χ2n) is 5.21. The number of nitrogens with zero attached hydrogens (tertiary/aromatic N) is 3.